The van der Waals surface area contributed by atoms with Crippen LogP contribution in [0.1, 0.15) is 47.8 Å². The Bertz CT molecular complexity index is 583. The molecule has 0 saturated carbocycles. The Morgan fingerprint density at radius 3 is 3.10 bits per heavy atom. The summed E-state index contributed by atoms with van der Waals surface area (Å²) in [4.78, 5) is 21.9. The van der Waals surface area contributed by atoms with E-state index in [1.54, 1.807) is 22.3 Å². The van der Waals surface area contributed by atoms with E-state index in [0.717, 1.165) is 17.8 Å². The minimum absolute atomic E-state index is 0.0196. The van der Waals surface area contributed by atoms with Crippen molar-refractivity contribution in [3.8, 4) is 0 Å². The molecule has 0 aliphatic heterocycles. The van der Waals surface area contributed by atoms with E-state index in [0.29, 0.717) is 13.0 Å². The van der Waals surface area contributed by atoms with Gasteiger partial charge in [0.1, 0.15) is 17.7 Å². The highest BCUT2D eigenvalue weighted by Gasteiger charge is 2.19. The van der Waals surface area contributed by atoms with Crippen molar-refractivity contribution in [3.63, 3.8) is 0 Å². The second kappa shape index (κ2) is 6.34. The van der Waals surface area contributed by atoms with E-state index in [1.807, 2.05) is 6.92 Å². The summed E-state index contributed by atoms with van der Waals surface area (Å²) >= 11 is 1.75. The summed E-state index contributed by atoms with van der Waals surface area (Å²) < 4.78 is 1.66. The molecular formula is C14H19N5OS. The molecule has 1 N–H and O–H groups in total. The monoisotopic (exact) mass is 305 g/mol. The molecule has 3 rings (SSSR count). The molecule has 1 aliphatic rings. The minimum atomic E-state index is -0.0242. The molecule has 0 radical (unpaired) electrons. The number of nitrogens with one attached hydrogen (secondary N) is 1. The second-order valence-electron chi connectivity index (χ2n) is 5.33. The SMILES string of the molecule is CC(NC(=O)CCn1cncn1)c1nc2c(s1)CCCC2. The van der Waals surface area contributed by atoms with Crippen molar-refractivity contribution in [2.24, 2.45) is 0 Å². The maximum absolute atomic E-state index is 12.0. The number of aromatic nitrogens is 4. The zero-order chi connectivity index (χ0) is 14.7. The minimum Gasteiger partial charge on any atom is -0.347 e. The number of nitrogens with zero attached hydrogens (tertiary/aromatic N) is 4. The zero-order valence-electron chi connectivity index (χ0n) is 12.1. The van der Waals surface area contributed by atoms with Gasteiger partial charge in [0.2, 0.25) is 5.91 Å². The lowest BCUT2D eigenvalue weighted by molar-refractivity contribution is -0.122. The van der Waals surface area contributed by atoms with Crippen molar-refractivity contribution in [2.45, 2.75) is 51.6 Å². The van der Waals surface area contributed by atoms with Crippen LogP contribution in [0.5, 0.6) is 0 Å². The van der Waals surface area contributed by atoms with Gasteiger partial charge in [0.15, 0.2) is 0 Å². The Kier molecular flexibility index (Phi) is 4.28. The highest BCUT2D eigenvalue weighted by molar-refractivity contribution is 7.11. The molecule has 112 valence electrons. The van der Waals surface area contributed by atoms with E-state index in [1.165, 1.54) is 29.7 Å². The smallest absolute Gasteiger partial charge is 0.222 e. The molecule has 1 amide bonds. The average Bonchev–Trinajstić information content (AvgIpc) is 3.14. The normalized spacial score (nSPS) is 15.5. The van der Waals surface area contributed by atoms with Crippen LogP contribution in [0.25, 0.3) is 0 Å². The first-order chi connectivity index (χ1) is 10.2. The number of hydrogen-bond acceptors (Lipinski definition) is 5. The van der Waals surface area contributed by atoms with Crippen molar-refractivity contribution < 1.29 is 4.79 Å². The van der Waals surface area contributed by atoms with Crippen LogP contribution in [0.15, 0.2) is 12.7 Å². The van der Waals surface area contributed by atoms with Crippen molar-refractivity contribution in [1.82, 2.24) is 25.1 Å². The number of fused-ring (bicyclic) bond motifs is 1. The fraction of sp³-hybridized carbons (Fsp3) is 0.571. The van der Waals surface area contributed by atoms with Gasteiger partial charge in [-0.05, 0) is 32.6 Å². The number of amides is 1. The summed E-state index contributed by atoms with van der Waals surface area (Å²) in [5.41, 5.74) is 1.24. The van der Waals surface area contributed by atoms with Crippen LogP contribution in [-0.2, 0) is 24.2 Å². The van der Waals surface area contributed by atoms with Crippen LogP contribution in [0.3, 0.4) is 0 Å². The van der Waals surface area contributed by atoms with Crippen LogP contribution in [0.4, 0.5) is 0 Å². The van der Waals surface area contributed by atoms with E-state index in [4.69, 9.17) is 4.98 Å². The summed E-state index contributed by atoms with van der Waals surface area (Å²) in [5.74, 6) is 0.0196. The van der Waals surface area contributed by atoms with E-state index in [9.17, 15) is 4.79 Å². The number of thiazole rings is 1. The number of carbonyl (C=O) groups excluding carboxylic acids is 1. The summed E-state index contributed by atoms with van der Waals surface area (Å²) in [6, 6.07) is -0.0242. The molecule has 1 atom stereocenters. The van der Waals surface area contributed by atoms with Gasteiger partial charge >= 0.3 is 0 Å². The van der Waals surface area contributed by atoms with E-state index < -0.39 is 0 Å². The second-order valence-corrected chi connectivity index (χ2v) is 6.44. The van der Waals surface area contributed by atoms with Crippen LogP contribution in [0.2, 0.25) is 0 Å². The Hall–Kier alpha value is -1.76. The first kappa shape index (κ1) is 14.2. The molecule has 6 nitrogen and oxygen atoms in total. The van der Waals surface area contributed by atoms with Crippen LogP contribution < -0.4 is 5.32 Å². The molecule has 2 aromatic heterocycles. The molecule has 21 heavy (non-hydrogen) atoms. The molecular weight excluding hydrogens is 286 g/mol. The molecule has 0 aromatic carbocycles. The molecule has 7 heteroatoms. The molecule has 1 unspecified atom stereocenters. The zero-order valence-corrected chi connectivity index (χ0v) is 12.9. The summed E-state index contributed by atoms with van der Waals surface area (Å²) in [7, 11) is 0. The highest BCUT2D eigenvalue weighted by Crippen LogP contribution is 2.29. The molecule has 0 fully saturated rings. The molecule has 0 saturated heterocycles. The van der Waals surface area contributed by atoms with E-state index in [2.05, 4.69) is 15.4 Å². The van der Waals surface area contributed by atoms with Gasteiger partial charge in [-0.1, -0.05) is 0 Å². The fourth-order valence-corrected chi connectivity index (χ4v) is 3.65. The van der Waals surface area contributed by atoms with Crippen LogP contribution in [0, 0.1) is 0 Å². The lowest BCUT2D eigenvalue weighted by Gasteiger charge is -2.11. The Balaban J connectivity index is 1.54. The topological polar surface area (TPSA) is 72.7 Å². The quantitative estimate of drug-likeness (QED) is 0.915. The van der Waals surface area contributed by atoms with E-state index in [-0.39, 0.29) is 11.9 Å². The lowest BCUT2D eigenvalue weighted by Crippen LogP contribution is -2.27. The van der Waals surface area contributed by atoms with Crippen molar-refractivity contribution in [1.29, 1.82) is 0 Å². The summed E-state index contributed by atoms with van der Waals surface area (Å²) in [6.07, 6.45) is 8.20. The maximum atomic E-state index is 12.0. The van der Waals surface area contributed by atoms with E-state index >= 15 is 0 Å². The number of hydrogen-bond donors (Lipinski definition) is 1. The van der Waals surface area contributed by atoms with Gasteiger partial charge < -0.3 is 5.32 Å². The first-order valence-electron chi connectivity index (χ1n) is 7.32. The third kappa shape index (κ3) is 3.47. The standard InChI is InChI=1S/C14H19N5OS/c1-10(14-18-11-4-2-3-5-12(11)21-14)17-13(20)6-7-19-9-15-8-16-19/h8-10H,2-7H2,1H3,(H,17,20). The fourth-order valence-electron chi connectivity index (χ4n) is 2.50. The van der Waals surface area contributed by atoms with Crippen LogP contribution >= 0.6 is 11.3 Å². The predicted octanol–water partition coefficient (Wildman–Crippen LogP) is 1.88. The van der Waals surface area contributed by atoms with Gasteiger partial charge in [-0.25, -0.2) is 9.97 Å². The average molecular weight is 305 g/mol. The molecule has 2 heterocycles. The Morgan fingerprint density at radius 1 is 1.48 bits per heavy atom. The van der Waals surface area contributed by atoms with Crippen molar-refractivity contribution in [3.05, 3.63) is 28.2 Å². The largest absolute Gasteiger partial charge is 0.347 e. The van der Waals surface area contributed by atoms with Gasteiger partial charge in [-0.2, -0.15) is 5.10 Å². The first-order valence-corrected chi connectivity index (χ1v) is 8.14. The van der Waals surface area contributed by atoms with Gasteiger partial charge in [0.05, 0.1) is 18.3 Å². The molecule has 0 bridgehead atoms. The van der Waals surface area contributed by atoms with Crippen molar-refractivity contribution >= 4 is 17.2 Å². The van der Waals surface area contributed by atoms with Gasteiger partial charge in [0.25, 0.3) is 0 Å². The third-order valence-corrected chi connectivity index (χ3v) is 4.98. The number of carbonyl (C=O) groups is 1. The van der Waals surface area contributed by atoms with Crippen LogP contribution in [-0.4, -0.2) is 25.7 Å². The number of aryl methyl sites for hydroxylation is 3. The summed E-state index contributed by atoms with van der Waals surface area (Å²) in [6.45, 7) is 2.55. The van der Waals surface area contributed by atoms with Gasteiger partial charge in [-0.15, -0.1) is 11.3 Å². The molecule has 2 aromatic rings. The predicted molar refractivity (Wildman–Crippen MR) is 80.0 cm³/mol. The van der Waals surface area contributed by atoms with Crippen molar-refractivity contribution in [2.75, 3.05) is 0 Å². The number of rotatable bonds is 5. The third-order valence-electron chi connectivity index (χ3n) is 3.64. The Labute approximate surface area is 127 Å². The molecule has 1 aliphatic carbocycles. The maximum Gasteiger partial charge on any atom is 0.222 e. The molecule has 0 spiro atoms. The Morgan fingerprint density at radius 2 is 2.33 bits per heavy atom. The van der Waals surface area contributed by atoms with Gasteiger partial charge in [-0.3, -0.25) is 9.48 Å². The van der Waals surface area contributed by atoms with Gasteiger partial charge in [0, 0.05) is 11.3 Å². The summed E-state index contributed by atoms with van der Waals surface area (Å²) in [5, 5.41) is 8.02. The lowest BCUT2D eigenvalue weighted by atomic mass is 10.0. The highest BCUT2D eigenvalue weighted by atomic mass is 32.1.